The lowest BCUT2D eigenvalue weighted by Gasteiger charge is -2.21. The summed E-state index contributed by atoms with van der Waals surface area (Å²) in [6, 6.07) is 0. The number of nitrogens with zero attached hydrogens (tertiary/aromatic N) is 1. The maximum Gasteiger partial charge on any atom is 0.331 e. The summed E-state index contributed by atoms with van der Waals surface area (Å²) in [6.45, 7) is 6.23. The minimum atomic E-state index is -0.523. The summed E-state index contributed by atoms with van der Waals surface area (Å²) in [7, 11) is 0. The normalized spacial score (nSPS) is 17.4. The minimum Gasteiger partial charge on any atom is -0.494 e. The monoisotopic (exact) mass is 238 g/mol. The van der Waals surface area contributed by atoms with E-state index >= 15 is 0 Å². The van der Waals surface area contributed by atoms with Gasteiger partial charge in [-0.25, -0.2) is 4.79 Å². The van der Waals surface area contributed by atoms with Crippen LogP contribution in [0.4, 0.5) is 0 Å². The number of H-pyrrole nitrogens is 1. The van der Waals surface area contributed by atoms with E-state index in [1.165, 1.54) is 11.5 Å². The molecule has 94 valence electrons. The van der Waals surface area contributed by atoms with E-state index in [-0.39, 0.29) is 16.9 Å². The first-order valence-electron chi connectivity index (χ1n) is 5.90. The van der Waals surface area contributed by atoms with Gasteiger partial charge in [-0.15, -0.1) is 0 Å². The summed E-state index contributed by atoms with van der Waals surface area (Å²) in [5, 5.41) is 9.88. The van der Waals surface area contributed by atoms with Gasteiger partial charge < -0.3 is 5.11 Å². The molecule has 0 unspecified atom stereocenters. The lowest BCUT2D eigenvalue weighted by Crippen LogP contribution is -2.34. The maximum atomic E-state index is 11.7. The second-order valence-electron chi connectivity index (χ2n) is 5.31. The minimum absolute atomic E-state index is 0.103. The van der Waals surface area contributed by atoms with E-state index < -0.39 is 11.2 Å². The molecule has 5 heteroatoms. The van der Waals surface area contributed by atoms with Crippen molar-refractivity contribution in [1.29, 1.82) is 0 Å². The Labute approximate surface area is 99.1 Å². The molecular weight excluding hydrogens is 220 g/mol. The summed E-state index contributed by atoms with van der Waals surface area (Å²) >= 11 is 0. The highest BCUT2D eigenvalue weighted by Gasteiger charge is 2.46. The van der Waals surface area contributed by atoms with Crippen LogP contribution in [0.5, 0.6) is 5.88 Å². The van der Waals surface area contributed by atoms with Crippen LogP contribution in [0.15, 0.2) is 9.59 Å². The molecule has 0 spiro atoms. The van der Waals surface area contributed by atoms with Crippen LogP contribution in [0.25, 0.3) is 0 Å². The Hall–Kier alpha value is -1.52. The van der Waals surface area contributed by atoms with Crippen molar-refractivity contribution < 1.29 is 5.11 Å². The van der Waals surface area contributed by atoms with Gasteiger partial charge in [-0.3, -0.25) is 14.3 Å². The molecule has 5 nitrogen and oxygen atoms in total. The molecule has 2 N–H and O–H groups in total. The van der Waals surface area contributed by atoms with Crippen LogP contribution in [0, 0.1) is 18.3 Å². The average Bonchev–Trinajstić information content (AvgIpc) is 3.02. The molecule has 0 aliphatic heterocycles. The summed E-state index contributed by atoms with van der Waals surface area (Å²) in [6.07, 6.45) is 2.13. The zero-order valence-electron chi connectivity index (χ0n) is 10.4. The van der Waals surface area contributed by atoms with Gasteiger partial charge in [0.25, 0.3) is 5.56 Å². The van der Waals surface area contributed by atoms with Crippen molar-refractivity contribution in [2.45, 2.75) is 40.2 Å². The highest BCUT2D eigenvalue weighted by atomic mass is 16.3. The standard InChI is InChI=1S/C12H18N2O3/c1-7(2)12(4-5-12)6-14-10(16)8(3)9(15)13-11(14)17/h7,16H,4-6H2,1-3H3,(H,13,15,17). The molecule has 1 aromatic heterocycles. The topological polar surface area (TPSA) is 75.1 Å². The second-order valence-corrected chi connectivity index (χ2v) is 5.31. The zero-order chi connectivity index (χ0) is 12.8. The highest BCUT2D eigenvalue weighted by molar-refractivity contribution is 5.21. The molecule has 0 aromatic carbocycles. The number of hydrogen-bond donors (Lipinski definition) is 2. The van der Waals surface area contributed by atoms with Gasteiger partial charge in [-0.05, 0) is 31.1 Å². The fourth-order valence-electron chi connectivity index (χ4n) is 2.20. The van der Waals surface area contributed by atoms with E-state index in [0.29, 0.717) is 12.5 Å². The van der Waals surface area contributed by atoms with Crippen LogP contribution in [0.1, 0.15) is 32.3 Å². The van der Waals surface area contributed by atoms with Crippen molar-refractivity contribution in [3.8, 4) is 5.88 Å². The van der Waals surface area contributed by atoms with Gasteiger partial charge in [0.1, 0.15) is 0 Å². The SMILES string of the molecule is Cc1c(O)n(CC2(C(C)C)CC2)c(=O)[nH]c1=O. The fraction of sp³-hybridized carbons (Fsp3) is 0.667. The third kappa shape index (κ3) is 1.90. The lowest BCUT2D eigenvalue weighted by molar-refractivity contribution is 0.279. The molecule has 0 bridgehead atoms. The quantitative estimate of drug-likeness (QED) is 0.824. The predicted octanol–water partition coefficient (Wildman–Crippen LogP) is 0.987. The van der Waals surface area contributed by atoms with Crippen molar-refractivity contribution in [3.63, 3.8) is 0 Å². The van der Waals surface area contributed by atoms with Crippen molar-refractivity contribution >= 4 is 0 Å². The third-order valence-corrected chi connectivity index (χ3v) is 3.99. The van der Waals surface area contributed by atoms with E-state index in [1.807, 2.05) is 0 Å². The Kier molecular flexibility index (Phi) is 2.64. The van der Waals surface area contributed by atoms with Crippen LogP contribution in [0.2, 0.25) is 0 Å². The Morgan fingerprint density at radius 1 is 1.41 bits per heavy atom. The van der Waals surface area contributed by atoms with Crippen molar-refractivity contribution in [1.82, 2.24) is 9.55 Å². The molecule has 17 heavy (non-hydrogen) atoms. The predicted molar refractivity (Wildman–Crippen MR) is 64.2 cm³/mol. The van der Waals surface area contributed by atoms with Gasteiger partial charge in [0.2, 0.25) is 5.88 Å². The molecule has 1 heterocycles. The van der Waals surface area contributed by atoms with Crippen LogP contribution in [-0.2, 0) is 6.54 Å². The van der Waals surface area contributed by atoms with Gasteiger partial charge in [-0.2, -0.15) is 0 Å². The number of aromatic nitrogens is 2. The van der Waals surface area contributed by atoms with Gasteiger partial charge >= 0.3 is 5.69 Å². The largest absolute Gasteiger partial charge is 0.494 e. The highest BCUT2D eigenvalue weighted by Crippen LogP contribution is 2.53. The van der Waals surface area contributed by atoms with Gasteiger partial charge in [0.15, 0.2) is 0 Å². The summed E-state index contributed by atoms with van der Waals surface area (Å²) in [5.41, 5.74) is -0.737. The molecule has 0 saturated heterocycles. The summed E-state index contributed by atoms with van der Waals surface area (Å²) < 4.78 is 1.28. The zero-order valence-corrected chi connectivity index (χ0v) is 10.4. The van der Waals surface area contributed by atoms with Gasteiger partial charge in [0.05, 0.1) is 5.56 Å². The second kappa shape index (κ2) is 3.75. The van der Waals surface area contributed by atoms with E-state index in [2.05, 4.69) is 18.8 Å². The molecule has 1 fully saturated rings. The summed E-state index contributed by atoms with van der Waals surface area (Å²) in [5.74, 6) is 0.256. The van der Waals surface area contributed by atoms with E-state index in [0.717, 1.165) is 12.8 Å². The Balaban J connectivity index is 2.44. The molecule has 1 saturated carbocycles. The van der Waals surface area contributed by atoms with E-state index in [1.54, 1.807) is 0 Å². The molecule has 1 aliphatic rings. The first-order chi connectivity index (χ1) is 7.87. The number of nitrogens with one attached hydrogen (secondary N) is 1. The maximum absolute atomic E-state index is 11.7. The number of hydrogen-bond acceptors (Lipinski definition) is 3. The van der Waals surface area contributed by atoms with Crippen molar-refractivity contribution in [2.24, 2.45) is 11.3 Å². The van der Waals surface area contributed by atoms with Crippen molar-refractivity contribution in [3.05, 3.63) is 26.4 Å². The van der Waals surface area contributed by atoms with Gasteiger partial charge in [0, 0.05) is 6.54 Å². The van der Waals surface area contributed by atoms with Crippen LogP contribution >= 0.6 is 0 Å². The fourth-order valence-corrected chi connectivity index (χ4v) is 2.20. The average molecular weight is 238 g/mol. The van der Waals surface area contributed by atoms with Crippen LogP contribution in [-0.4, -0.2) is 14.7 Å². The van der Waals surface area contributed by atoms with E-state index in [4.69, 9.17) is 0 Å². The van der Waals surface area contributed by atoms with Crippen molar-refractivity contribution in [2.75, 3.05) is 0 Å². The molecule has 2 rings (SSSR count). The van der Waals surface area contributed by atoms with Crippen LogP contribution in [0.3, 0.4) is 0 Å². The number of aromatic hydroxyl groups is 1. The van der Waals surface area contributed by atoms with Crippen LogP contribution < -0.4 is 11.2 Å². The summed E-state index contributed by atoms with van der Waals surface area (Å²) in [4.78, 5) is 25.2. The molecule has 0 radical (unpaired) electrons. The Bertz CT molecular complexity index is 550. The first-order valence-corrected chi connectivity index (χ1v) is 5.90. The Morgan fingerprint density at radius 3 is 2.47 bits per heavy atom. The lowest BCUT2D eigenvalue weighted by atomic mass is 9.92. The van der Waals surface area contributed by atoms with E-state index in [9.17, 15) is 14.7 Å². The molecule has 0 atom stereocenters. The number of aromatic amines is 1. The molecular formula is C12H18N2O3. The third-order valence-electron chi connectivity index (χ3n) is 3.99. The Morgan fingerprint density at radius 2 is 2.00 bits per heavy atom. The first kappa shape index (κ1) is 12.0. The van der Waals surface area contributed by atoms with Gasteiger partial charge in [-0.1, -0.05) is 13.8 Å². The smallest absolute Gasteiger partial charge is 0.331 e. The molecule has 0 amide bonds. The number of rotatable bonds is 3. The molecule has 1 aliphatic carbocycles. The molecule has 1 aromatic rings.